The van der Waals surface area contributed by atoms with Gasteiger partial charge in [0.2, 0.25) is 10.0 Å². The number of sulfonamides is 1. The zero-order chi connectivity index (χ0) is 25.4. The molecule has 0 heterocycles. The minimum absolute atomic E-state index is 0.159. The Hall–Kier alpha value is -4.00. The van der Waals surface area contributed by atoms with Crippen molar-refractivity contribution >= 4 is 22.0 Å². The average Bonchev–Trinajstić information content (AvgIpc) is 2.93. The van der Waals surface area contributed by atoms with E-state index in [1.807, 2.05) is 91.0 Å². The predicted octanol–water partition coefficient (Wildman–Crippen LogP) is 5.56. The largest absolute Gasteiger partial charge is 0.333 e. The predicted molar refractivity (Wildman–Crippen MR) is 144 cm³/mol. The van der Waals surface area contributed by atoms with Gasteiger partial charge in [0.1, 0.15) is 0 Å². The van der Waals surface area contributed by atoms with Crippen LogP contribution in [0.1, 0.15) is 27.5 Å². The molecule has 0 radical (unpaired) electrons. The van der Waals surface area contributed by atoms with Gasteiger partial charge in [0.25, 0.3) is 5.91 Å². The van der Waals surface area contributed by atoms with E-state index in [4.69, 9.17) is 0 Å². The van der Waals surface area contributed by atoms with E-state index in [1.165, 1.54) is 0 Å². The summed E-state index contributed by atoms with van der Waals surface area (Å²) in [5.41, 5.74) is 2.26. The fraction of sp³-hybridized carbons (Fsp3) is 0.100. The van der Waals surface area contributed by atoms with E-state index >= 15 is 0 Å². The fourth-order valence-corrected chi connectivity index (χ4v) is 5.28. The summed E-state index contributed by atoms with van der Waals surface area (Å²) in [6.45, 7) is 0. The van der Waals surface area contributed by atoms with Gasteiger partial charge in [0, 0.05) is 12.6 Å². The minimum atomic E-state index is -3.88. The summed E-state index contributed by atoms with van der Waals surface area (Å²) in [6.07, 6.45) is 3.68. The maximum atomic E-state index is 13.5. The van der Waals surface area contributed by atoms with E-state index in [9.17, 15) is 13.2 Å². The highest BCUT2D eigenvalue weighted by molar-refractivity contribution is 7.89. The Bertz CT molecular complexity index is 1390. The number of amides is 1. The van der Waals surface area contributed by atoms with E-state index in [1.54, 1.807) is 54.4 Å². The normalized spacial score (nSPS) is 13.2. The van der Waals surface area contributed by atoms with Crippen LogP contribution < -0.4 is 4.72 Å². The first kappa shape index (κ1) is 25.1. The number of hydrogen-bond acceptors (Lipinski definition) is 3. The Labute approximate surface area is 212 Å². The van der Waals surface area contributed by atoms with Gasteiger partial charge in [-0.15, -0.1) is 0 Å². The Morgan fingerprint density at radius 2 is 1.25 bits per heavy atom. The summed E-state index contributed by atoms with van der Waals surface area (Å²) in [4.78, 5) is 15.3. The van der Waals surface area contributed by atoms with Crippen LogP contribution in [0.5, 0.6) is 0 Å². The minimum Gasteiger partial charge on any atom is -0.333 e. The molecule has 6 heteroatoms. The van der Waals surface area contributed by atoms with Gasteiger partial charge in [-0.3, -0.25) is 4.79 Å². The summed E-state index contributed by atoms with van der Waals surface area (Å²) >= 11 is 0. The molecule has 0 saturated heterocycles. The Morgan fingerprint density at radius 3 is 1.83 bits per heavy atom. The molecular weight excluding hydrogens is 468 g/mol. The van der Waals surface area contributed by atoms with Gasteiger partial charge in [0.15, 0.2) is 0 Å². The zero-order valence-electron chi connectivity index (χ0n) is 19.9. The van der Waals surface area contributed by atoms with Gasteiger partial charge < -0.3 is 4.90 Å². The highest BCUT2D eigenvalue weighted by atomic mass is 32.2. The smallest absolute Gasteiger partial charge is 0.254 e. The Kier molecular flexibility index (Phi) is 8.10. The molecule has 0 bridgehead atoms. The van der Waals surface area contributed by atoms with Crippen molar-refractivity contribution in [2.75, 3.05) is 7.05 Å². The molecule has 0 spiro atoms. The van der Waals surface area contributed by atoms with Crippen LogP contribution in [-0.2, 0) is 10.0 Å². The van der Waals surface area contributed by atoms with E-state index in [0.717, 1.165) is 11.1 Å². The molecule has 0 saturated carbocycles. The quantitative estimate of drug-likeness (QED) is 0.330. The summed E-state index contributed by atoms with van der Waals surface area (Å²) in [5, 5.41) is 0. The standard InChI is InChI=1S/C30H28N2O3S/c1-32(30(33)26-18-10-4-11-19-26)29(25-16-8-3-9-17-25)28(23-22-24-14-6-2-7-15-24)31-36(34,35)27-20-12-5-13-21-27/h2-23,28-29,31H,1H3/b23-22+. The van der Waals surface area contributed by atoms with Gasteiger partial charge in [-0.2, -0.15) is 0 Å². The van der Waals surface area contributed by atoms with Gasteiger partial charge in [0.05, 0.1) is 17.0 Å². The molecule has 4 aromatic carbocycles. The maximum absolute atomic E-state index is 13.5. The molecule has 4 aromatic rings. The highest BCUT2D eigenvalue weighted by Crippen LogP contribution is 2.28. The molecule has 5 nitrogen and oxygen atoms in total. The SMILES string of the molecule is CN(C(=O)c1ccccc1)C(c1ccccc1)C(/C=C/c1ccccc1)NS(=O)(=O)c1ccccc1. The van der Waals surface area contributed by atoms with Crippen LogP contribution in [0.25, 0.3) is 6.08 Å². The molecule has 0 aromatic heterocycles. The third-order valence-corrected chi connectivity index (χ3v) is 7.36. The van der Waals surface area contributed by atoms with E-state index in [-0.39, 0.29) is 10.8 Å². The van der Waals surface area contributed by atoms with Crippen molar-refractivity contribution in [2.45, 2.75) is 17.0 Å². The fourth-order valence-electron chi connectivity index (χ4n) is 4.07. The highest BCUT2D eigenvalue weighted by Gasteiger charge is 2.32. The molecule has 2 atom stereocenters. The van der Waals surface area contributed by atoms with Crippen molar-refractivity contribution in [3.63, 3.8) is 0 Å². The molecule has 1 N–H and O–H groups in total. The molecule has 0 fully saturated rings. The van der Waals surface area contributed by atoms with Crippen LogP contribution >= 0.6 is 0 Å². The maximum Gasteiger partial charge on any atom is 0.254 e. The second kappa shape index (κ2) is 11.6. The second-order valence-electron chi connectivity index (χ2n) is 8.37. The lowest BCUT2D eigenvalue weighted by atomic mass is 9.96. The van der Waals surface area contributed by atoms with Crippen LogP contribution in [0.3, 0.4) is 0 Å². The number of hydrogen-bond donors (Lipinski definition) is 1. The van der Waals surface area contributed by atoms with Crippen molar-refractivity contribution < 1.29 is 13.2 Å². The molecule has 2 unspecified atom stereocenters. The van der Waals surface area contributed by atoms with E-state index in [0.29, 0.717) is 5.56 Å². The number of nitrogens with zero attached hydrogens (tertiary/aromatic N) is 1. The summed E-state index contributed by atoms with van der Waals surface area (Å²) in [7, 11) is -2.18. The number of likely N-dealkylation sites (N-methyl/N-ethyl adjacent to an activating group) is 1. The number of benzene rings is 4. The lowest BCUT2D eigenvalue weighted by Gasteiger charge is -2.34. The van der Waals surface area contributed by atoms with Crippen molar-refractivity contribution in [3.8, 4) is 0 Å². The van der Waals surface area contributed by atoms with Crippen molar-refractivity contribution in [3.05, 3.63) is 144 Å². The topological polar surface area (TPSA) is 66.5 Å². The lowest BCUT2D eigenvalue weighted by Crippen LogP contribution is -2.46. The third-order valence-electron chi connectivity index (χ3n) is 5.88. The van der Waals surface area contributed by atoms with Crippen LogP contribution in [0.2, 0.25) is 0 Å². The van der Waals surface area contributed by atoms with Crippen molar-refractivity contribution in [1.29, 1.82) is 0 Å². The second-order valence-corrected chi connectivity index (χ2v) is 10.1. The Balaban J connectivity index is 1.79. The summed E-state index contributed by atoms with van der Waals surface area (Å²) in [6, 6.07) is 35.0. The molecule has 0 aliphatic rings. The molecular formula is C30H28N2O3S. The van der Waals surface area contributed by atoms with Gasteiger partial charge in [-0.1, -0.05) is 109 Å². The van der Waals surface area contributed by atoms with E-state index in [2.05, 4.69) is 4.72 Å². The molecule has 0 aliphatic heterocycles. The molecule has 4 rings (SSSR count). The van der Waals surface area contributed by atoms with Gasteiger partial charge in [-0.05, 0) is 35.4 Å². The van der Waals surface area contributed by atoms with E-state index < -0.39 is 22.1 Å². The van der Waals surface area contributed by atoms with Crippen molar-refractivity contribution in [2.24, 2.45) is 0 Å². The van der Waals surface area contributed by atoms with Crippen LogP contribution in [0.15, 0.2) is 132 Å². The molecule has 0 aliphatic carbocycles. The summed E-state index contributed by atoms with van der Waals surface area (Å²) < 4.78 is 29.7. The van der Waals surface area contributed by atoms with Crippen LogP contribution in [-0.4, -0.2) is 32.3 Å². The number of carbonyl (C=O) groups excluding carboxylic acids is 1. The number of rotatable bonds is 9. The average molecular weight is 497 g/mol. The number of carbonyl (C=O) groups is 1. The lowest BCUT2D eigenvalue weighted by molar-refractivity contribution is 0.0714. The van der Waals surface area contributed by atoms with Gasteiger partial charge >= 0.3 is 0 Å². The van der Waals surface area contributed by atoms with Crippen molar-refractivity contribution in [1.82, 2.24) is 9.62 Å². The monoisotopic (exact) mass is 496 g/mol. The first-order chi connectivity index (χ1) is 17.5. The van der Waals surface area contributed by atoms with Crippen LogP contribution in [0.4, 0.5) is 0 Å². The first-order valence-electron chi connectivity index (χ1n) is 11.6. The third kappa shape index (κ3) is 6.16. The Morgan fingerprint density at radius 1 is 0.750 bits per heavy atom. The molecule has 182 valence electrons. The summed E-state index contributed by atoms with van der Waals surface area (Å²) in [5.74, 6) is -0.207. The molecule has 1 amide bonds. The van der Waals surface area contributed by atoms with Crippen LogP contribution in [0, 0.1) is 0 Å². The zero-order valence-corrected chi connectivity index (χ0v) is 20.8. The van der Waals surface area contributed by atoms with Gasteiger partial charge in [-0.25, -0.2) is 13.1 Å². The molecule has 36 heavy (non-hydrogen) atoms. The first-order valence-corrected chi connectivity index (χ1v) is 13.1. The number of nitrogens with one attached hydrogen (secondary N) is 1.